The van der Waals surface area contributed by atoms with Gasteiger partial charge in [0.2, 0.25) is 5.91 Å². The summed E-state index contributed by atoms with van der Waals surface area (Å²) in [6, 6.07) is 15.1. The molecule has 0 bridgehead atoms. The zero-order chi connectivity index (χ0) is 18.6. The van der Waals surface area contributed by atoms with Gasteiger partial charge in [0.15, 0.2) is 0 Å². The topological polar surface area (TPSA) is 61.4 Å². The molecule has 27 heavy (non-hydrogen) atoms. The summed E-state index contributed by atoms with van der Waals surface area (Å²) < 4.78 is 0. The normalized spacial score (nSPS) is 16.7. The molecule has 4 rings (SSSR count). The maximum atomic E-state index is 12.4. The van der Waals surface area contributed by atoms with E-state index in [0.29, 0.717) is 5.56 Å². The maximum Gasteiger partial charge on any atom is 0.255 e. The second kappa shape index (κ2) is 7.82. The van der Waals surface area contributed by atoms with Gasteiger partial charge in [0.05, 0.1) is 0 Å². The molecule has 1 saturated heterocycles. The number of rotatable bonds is 5. The van der Waals surface area contributed by atoms with Crippen molar-refractivity contribution in [1.29, 1.82) is 0 Å². The van der Waals surface area contributed by atoms with E-state index < -0.39 is 0 Å². The molecule has 2 aromatic rings. The van der Waals surface area contributed by atoms with Gasteiger partial charge in [0.25, 0.3) is 5.91 Å². The molecule has 140 valence electrons. The van der Waals surface area contributed by atoms with Crippen LogP contribution in [0, 0.1) is 5.92 Å². The van der Waals surface area contributed by atoms with Crippen molar-refractivity contribution in [1.82, 2.24) is 0 Å². The number of hydrogen-bond acceptors (Lipinski definition) is 3. The summed E-state index contributed by atoms with van der Waals surface area (Å²) in [6.45, 7) is 2.21. The maximum absolute atomic E-state index is 12.4. The Morgan fingerprint density at radius 1 is 0.778 bits per heavy atom. The van der Waals surface area contributed by atoms with Crippen molar-refractivity contribution in [3.05, 3.63) is 54.1 Å². The first-order valence-electron chi connectivity index (χ1n) is 9.76. The Hall–Kier alpha value is -2.82. The first-order valence-corrected chi connectivity index (χ1v) is 9.76. The number of nitrogens with zero attached hydrogens (tertiary/aromatic N) is 1. The van der Waals surface area contributed by atoms with Crippen LogP contribution in [0.3, 0.4) is 0 Å². The molecule has 1 aliphatic heterocycles. The Kier molecular flexibility index (Phi) is 5.10. The largest absolute Gasteiger partial charge is 0.372 e. The van der Waals surface area contributed by atoms with Crippen LogP contribution in [0.4, 0.5) is 17.1 Å². The van der Waals surface area contributed by atoms with Crippen LogP contribution in [0.5, 0.6) is 0 Å². The van der Waals surface area contributed by atoms with Crippen molar-refractivity contribution in [2.75, 3.05) is 28.6 Å². The second-order valence-electron chi connectivity index (χ2n) is 7.39. The fraction of sp³-hybridized carbons (Fsp3) is 0.364. The molecule has 5 heteroatoms. The fourth-order valence-electron chi connectivity index (χ4n) is 3.41. The minimum absolute atomic E-state index is 0.0704. The molecule has 2 amide bonds. The number of anilines is 3. The van der Waals surface area contributed by atoms with Gasteiger partial charge in [-0.15, -0.1) is 0 Å². The predicted molar refractivity (Wildman–Crippen MR) is 108 cm³/mol. The number of hydrogen-bond donors (Lipinski definition) is 2. The van der Waals surface area contributed by atoms with Crippen molar-refractivity contribution in [2.45, 2.75) is 32.1 Å². The highest BCUT2D eigenvalue weighted by Gasteiger charge is 2.29. The Labute approximate surface area is 159 Å². The molecule has 2 N–H and O–H groups in total. The number of amides is 2. The molecular formula is C22H25N3O2. The monoisotopic (exact) mass is 363 g/mol. The van der Waals surface area contributed by atoms with Crippen LogP contribution in [0.2, 0.25) is 0 Å². The minimum Gasteiger partial charge on any atom is -0.372 e. The molecule has 1 heterocycles. The third-order valence-corrected chi connectivity index (χ3v) is 5.21. The summed E-state index contributed by atoms with van der Waals surface area (Å²) in [5, 5.41) is 5.81. The molecule has 2 fully saturated rings. The molecule has 0 unspecified atom stereocenters. The number of carbonyl (C=O) groups excluding carboxylic acids is 2. The summed E-state index contributed by atoms with van der Waals surface area (Å²) in [5.41, 5.74) is 3.30. The van der Waals surface area contributed by atoms with E-state index in [-0.39, 0.29) is 17.7 Å². The summed E-state index contributed by atoms with van der Waals surface area (Å²) in [4.78, 5) is 26.6. The lowest BCUT2D eigenvalue weighted by Gasteiger charge is -2.28. The summed E-state index contributed by atoms with van der Waals surface area (Å²) >= 11 is 0. The Balaban J connectivity index is 1.34. The molecule has 0 radical (unpaired) electrons. The van der Waals surface area contributed by atoms with Crippen LogP contribution < -0.4 is 15.5 Å². The van der Waals surface area contributed by atoms with Gasteiger partial charge in [-0.1, -0.05) is 0 Å². The van der Waals surface area contributed by atoms with Crippen molar-refractivity contribution >= 4 is 28.9 Å². The van der Waals surface area contributed by atoms with Crippen molar-refractivity contribution < 1.29 is 9.59 Å². The van der Waals surface area contributed by atoms with Crippen LogP contribution in [0.1, 0.15) is 42.5 Å². The van der Waals surface area contributed by atoms with Gasteiger partial charge < -0.3 is 15.5 Å². The van der Waals surface area contributed by atoms with E-state index in [4.69, 9.17) is 0 Å². The molecule has 0 spiro atoms. The van der Waals surface area contributed by atoms with E-state index in [2.05, 4.69) is 27.7 Å². The number of carbonyl (C=O) groups is 2. The molecule has 2 aromatic carbocycles. The lowest BCUT2D eigenvalue weighted by molar-refractivity contribution is -0.117. The lowest BCUT2D eigenvalue weighted by atomic mass is 10.1. The van der Waals surface area contributed by atoms with E-state index in [1.54, 1.807) is 24.3 Å². The highest BCUT2D eigenvalue weighted by Crippen LogP contribution is 2.30. The summed E-state index contributed by atoms with van der Waals surface area (Å²) in [6.07, 6.45) is 5.75. The molecule has 1 aliphatic carbocycles. The van der Waals surface area contributed by atoms with Gasteiger partial charge in [-0.3, -0.25) is 9.59 Å². The zero-order valence-electron chi connectivity index (χ0n) is 15.4. The number of benzene rings is 2. The van der Waals surface area contributed by atoms with Crippen molar-refractivity contribution in [2.24, 2.45) is 5.92 Å². The third kappa shape index (κ3) is 4.48. The van der Waals surface area contributed by atoms with E-state index in [0.717, 1.165) is 37.3 Å². The number of piperidine rings is 1. The average molecular weight is 363 g/mol. The summed E-state index contributed by atoms with van der Waals surface area (Å²) in [7, 11) is 0. The standard InChI is InChI=1S/C22H25N3O2/c26-21(16-4-5-16)23-18-8-6-17(7-9-18)22(27)24-19-10-12-20(13-11-19)25-14-2-1-3-15-25/h6-13,16H,1-5,14-15H2,(H,23,26)(H,24,27). The third-order valence-electron chi connectivity index (χ3n) is 5.21. The Bertz CT molecular complexity index is 804. The lowest BCUT2D eigenvalue weighted by Crippen LogP contribution is -2.29. The van der Waals surface area contributed by atoms with Gasteiger partial charge in [0.1, 0.15) is 0 Å². The van der Waals surface area contributed by atoms with E-state index >= 15 is 0 Å². The van der Waals surface area contributed by atoms with Crippen molar-refractivity contribution in [3.63, 3.8) is 0 Å². The first kappa shape index (κ1) is 17.6. The fourth-order valence-corrected chi connectivity index (χ4v) is 3.41. The van der Waals surface area contributed by atoms with Gasteiger partial charge >= 0.3 is 0 Å². The van der Waals surface area contributed by atoms with Crippen LogP contribution in [0.15, 0.2) is 48.5 Å². The average Bonchev–Trinajstić information content (AvgIpc) is 3.55. The van der Waals surface area contributed by atoms with E-state index in [9.17, 15) is 9.59 Å². The molecular weight excluding hydrogens is 338 g/mol. The smallest absolute Gasteiger partial charge is 0.255 e. The zero-order valence-corrected chi connectivity index (χ0v) is 15.4. The summed E-state index contributed by atoms with van der Waals surface area (Å²) in [5.74, 6) is 0.0858. The van der Waals surface area contributed by atoms with Crippen LogP contribution in [-0.2, 0) is 4.79 Å². The molecule has 2 aliphatic rings. The molecule has 0 aromatic heterocycles. The predicted octanol–water partition coefficient (Wildman–Crippen LogP) is 4.28. The highest BCUT2D eigenvalue weighted by atomic mass is 16.2. The first-order chi connectivity index (χ1) is 13.2. The van der Waals surface area contributed by atoms with Crippen LogP contribution in [0.25, 0.3) is 0 Å². The molecule has 0 atom stereocenters. The minimum atomic E-state index is -0.152. The Morgan fingerprint density at radius 3 is 2.00 bits per heavy atom. The highest BCUT2D eigenvalue weighted by molar-refractivity contribution is 6.04. The molecule has 1 saturated carbocycles. The van der Waals surface area contributed by atoms with Gasteiger partial charge in [-0.05, 0) is 80.6 Å². The van der Waals surface area contributed by atoms with E-state index in [1.165, 1.54) is 24.9 Å². The SMILES string of the molecule is O=C(Nc1ccc(N2CCCCC2)cc1)c1ccc(NC(=O)C2CC2)cc1. The Morgan fingerprint density at radius 2 is 1.37 bits per heavy atom. The number of nitrogens with one attached hydrogen (secondary N) is 2. The van der Waals surface area contributed by atoms with Gasteiger partial charge in [-0.2, -0.15) is 0 Å². The van der Waals surface area contributed by atoms with Crippen LogP contribution in [-0.4, -0.2) is 24.9 Å². The second-order valence-corrected chi connectivity index (χ2v) is 7.39. The van der Waals surface area contributed by atoms with Gasteiger partial charge in [-0.25, -0.2) is 0 Å². The quantitative estimate of drug-likeness (QED) is 0.834. The van der Waals surface area contributed by atoms with E-state index in [1.807, 2.05) is 12.1 Å². The van der Waals surface area contributed by atoms with Crippen molar-refractivity contribution in [3.8, 4) is 0 Å². The van der Waals surface area contributed by atoms with Gasteiger partial charge in [0, 0.05) is 41.6 Å². The molecule has 5 nitrogen and oxygen atoms in total. The van der Waals surface area contributed by atoms with Crippen LogP contribution >= 0.6 is 0 Å².